The first-order valence-corrected chi connectivity index (χ1v) is 9.58. The first kappa shape index (κ1) is 19.9. The van der Waals surface area contributed by atoms with E-state index in [9.17, 15) is 19.2 Å². The second kappa shape index (κ2) is 8.41. The molecule has 2 N–H and O–H groups in total. The number of carboxylic acid groups (broad SMARTS) is 1. The maximum absolute atomic E-state index is 12.8. The third-order valence-corrected chi connectivity index (χ3v) is 5.35. The zero-order chi connectivity index (χ0) is 20.3. The first-order chi connectivity index (χ1) is 13.4. The normalized spacial score (nSPS) is 18.8. The van der Waals surface area contributed by atoms with Crippen LogP contribution in [0.3, 0.4) is 0 Å². The number of anilines is 1. The van der Waals surface area contributed by atoms with Gasteiger partial charge in [-0.15, -0.1) is 0 Å². The van der Waals surface area contributed by atoms with Crippen molar-refractivity contribution in [3.8, 4) is 0 Å². The van der Waals surface area contributed by atoms with E-state index in [2.05, 4.69) is 10.2 Å². The molecule has 1 aromatic rings. The van der Waals surface area contributed by atoms with Crippen molar-refractivity contribution in [3.63, 3.8) is 0 Å². The molecule has 0 saturated carbocycles. The highest BCUT2D eigenvalue weighted by molar-refractivity contribution is 6.06. The molecule has 8 heteroatoms. The van der Waals surface area contributed by atoms with Crippen LogP contribution in [-0.2, 0) is 20.9 Å². The molecule has 1 saturated heterocycles. The van der Waals surface area contributed by atoms with Crippen LogP contribution in [0.4, 0.5) is 5.69 Å². The van der Waals surface area contributed by atoms with Crippen molar-refractivity contribution in [2.24, 2.45) is 0 Å². The van der Waals surface area contributed by atoms with Gasteiger partial charge in [0.25, 0.3) is 5.91 Å². The SMILES string of the molecule is CN(CCCCCC(=O)O)c1cccc2c1CN(C1CCC(=O)NC1=O)C2=O. The van der Waals surface area contributed by atoms with Crippen molar-refractivity contribution in [3.05, 3.63) is 29.3 Å². The number of piperidine rings is 1. The van der Waals surface area contributed by atoms with Gasteiger partial charge in [-0.05, 0) is 31.4 Å². The predicted molar refractivity (Wildman–Crippen MR) is 102 cm³/mol. The number of hydrogen-bond donors (Lipinski definition) is 2. The number of hydrogen-bond acceptors (Lipinski definition) is 5. The Morgan fingerprint density at radius 2 is 2.04 bits per heavy atom. The summed E-state index contributed by atoms with van der Waals surface area (Å²) in [7, 11) is 1.95. The van der Waals surface area contributed by atoms with E-state index in [0.717, 1.165) is 30.6 Å². The Kier molecular flexibility index (Phi) is 5.96. The van der Waals surface area contributed by atoms with Crippen molar-refractivity contribution in [1.82, 2.24) is 10.2 Å². The van der Waals surface area contributed by atoms with Crippen LogP contribution in [-0.4, -0.2) is 53.3 Å². The minimum absolute atomic E-state index is 0.179. The van der Waals surface area contributed by atoms with Gasteiger partial charge in [0.2, 0.25) is 11.8 Å². The third-order valence-electron chi connectivity index (χ3n) is 5.35. The molecule has 1 atom stereocenters. The van der Waals surface area contributed by atoms with Gasteiger partial charge in [-0.25, -0.2) is 0 Å². The molecule has 1 aromatic carbocycles. The summed E-state index contributed by atoms with van der Waals surface area (Å²) >= 11 is 0. The van der Waals surface area contributed by atoms with Gasteiger partial charge in [0.05, 0.1) is 0 Å². The molecule has 150 valence electrons. The smallest absolute Gasteiger partial charge is 0.303 e. The molecule has 0 bridgehead atoms. The Labute approximate surface area is 163 Å². The average molecular weight is 387 g/mol. The second-order valence-electron chi connectivity index (χ2n) is 7.33. The van der Waals surface area contributed by atoms with Crippen LogP contribution in [0.1, 0.15) is 54.4 Å². The lowest BCUT2D eigenvalue weighted by Crippen LogP contribution is -2.52. The lowest BCUT2D eigenvalue weighted by atomic mass is 10.0. The number of nitrogens with one attached hydrogen (secondary N) is 1. The van der Waals surface area contributed by atoms with Crippen molar-refractivity contribution in [1.29, 1.82) is 0 Å². The van der Waals surface area contributed by atoms with Crippen molar-refractivity contribution < 1.29 is 24.3 Å². The van der Waals surface area contributed by atoms with E-state index in [-0.39, 0.29) is 24.7 Å². The van der Waals surface area contributed by atoms with Gasteiger partial charge < -0.3 is 14.9 Å². The molecule has 8 nitrogen and oxygen atoms in total. The third kappa shape index (κ3) is 4.16. The monoisotopic (exact) mass is 387 g/mol. The number of carboxylic acids is 1. The van der Waals surface area contributed by atoms with Crippen LogP contribution in [0.15, 0.2) is 18.2 Å². The summed E-state index contributed by atoms with van der Waals surface area (Å²) in [5.74, 6) is -1.66. The number of imide groups is 1. The molecule has 1 fully saturated rings. The number of carbonyl (C=O) groups excluding carboxylic acids is 3. The van der Waals surface area contributed by atoms with Crippen LogP contribution in [0.5, 0.6) is 0 Å². The highest BCUT2D eigenvalue weighted by Gasteiger charge is 2.40. The Balaban J connectivity index is 1.67. The Morgan fingerprint density at radius 1 is 1.25 bits per heavy atom. The lowest BCUT2D eigenvalue weighted by molar-refractivity contribution is -0.138. The maximum atomic E-state index is 12.8. The summed E-state index contributed by atoms with van der Waals surface area (Å²) in [5, 5.41) is 11.0. The average Bonchev–Trinajstić information content (AvgIpc) is 2.98. The lowest BCUT2D eigenvalue weighted by Gasteiger charge is -2.29. The molecule has 2 aliphatic rings. The fourth-order valence-corrected chi connectivity index (χ4v) is 3.85. The summed E-state index contributed by atoms with van der Waals surface area (Å²) in [6.07, 6.45) is 3.10. The molecule has 0 spiro atoms. The van der Waals surface area contributed by atoms with Crippen molar-refractivity contribution >= 4 is 29.4 Å². The second-order valence-corrected chi connectivity index (χ2v) is 7.33. The number of nitrogens with zero attached hydrogens (tertiary/aromatic N) is 2. The number of fused-ring (bicyclic) bond motifs is 1. The van der Waals surface area contributed by atoms with E-state index in [1.165, 1.54) is 0 Å². The minimum Gasteiger partial charge on any atom is -0.481 e. The molecule has 0 radical (unpaired) electrons. The van der Waals surface area contributed by atoms with Crippen LogP contribution in [0.2, 0.25) is 0 Å². The van der Waals surface area contributed by atoms with Gasteiger partial charge in [0, 0.05) is 49.8 Å². The van der Waals surface area contributed by atoms with Gasteiger partial charge in [-0.1, -0.05) is 12.5 Å². The van der Waals surface area contributed by atoms with Gasteiger partial charge >= 0.3 is 5.97 Å². The van der Waals surface area contributed by atoms with Crippen LogP contribution >= 0.6 is 0 Å². The molecule has 0 aliphatic carbocycles. The fourth-order valence-electron chi connectivity index (χ4n) is 3.85. The predicted octanol–water partition coefficient (Wildman–Crippen LogP) is 1.53. The summed E-state index contributed by atoms with van der Waals surface area (Å²) in [4.78, 5) is 50.6. The van der Waals surface area contributed by atoms with Crippen LogP contribution in [0, 0.1) is 0 Å². The van der Waals surface area contributed by atoms with Crippen molar-refractivity contribution in [2.45, 2.75) is 51.1 Å². The highest BCUT2D eigenvalue weighted by atomic mass is 16.4. The maximum Gasteiger partial charge on any atom is 0.303 e. The van der Waals surface area contributed by atoms with Crippen LogP contribution in [0.25, 0.3) is 0 Å². The number of amides is 3. The van der Waals surface area contributed by atoms with E-state index in [1.807, 2.05) is 19.2 Å². The Bertz CT molecular complexity index is 807. The molecule has 1 unspecified atom stereocenters. The van der Waals surface area contributed by atoms with Crippen molar-refractivity contribution in [2.75, 3.05) is 18.5 Å². The largest absolute Gasteiger partial charge is 0.481 e. The zero-order valence-electron chi connectivity index (χ0n) is 15.9. The molecule has 28 heavy (non-hydrogen) atoms. The van der Waals surface area contributed by atoms with E-state index < -0.39 is 17.9 Å². The minimum atomic E-state index is -0.777. The molecule has 3 rings (SSSR count). The molecule has 2 aliphatic heterocycles. The van der Waals surface area contributed by atoms with E-state index in [0.29, 0.717) is 24.9 Å². The highest BCUT2D eigenvalue weighted by Crippen LogP contribution is 2.33. The Hall–Kier alpha value is -2.90. The summed E-state index contributed by atoms with van der Waals surface area (Å²) in [5.41, 5.74) is 2.43. The van der Waals surface area contributed by atoms with E-state index in [1.54, 1.807) is 11.0 Å². The number of carbonyl (C=O) groups is 4. The van der Waals surface area contributed by atoms with E-state index >= 15 is 0 Å². The molecule has 0 aromatic heterocycles. The quantitative estimate of drug-likeness (QED) is 0.517. The molecular weight excluding hydrogens is 362 g/mol. The molecular formula is C20H25N3O5. The number of aliphatic carboxylic acids is 1. The standard InChI is InChI=1S/C20H25N3O5/c1-22(11-4-2-3-8-18(25)26)15-7-5-6-13-14(15)12-23(20(13)28)16-9-10-17(24)21-19(16)27/h5-7,16H,2-4,8-12H2,1H3,(H,25,26)(H,21,24,27). The van der Waals surface area contributed by atoms with Crippen LogP contribution < -0.4 is 10.2 Å². The number of rotatable bonds is 8. The summed E-state index contributed by atoms with van der Waals surface area (Å²) < 4.78 is 0. The number of benzene rings is 1. The summed E-state index contributed by atoms with van der Waals surface area (Å²) in [6.45, 7) is 1.10. The summed E-state index contributed by atoms with van der Waals surface area (Å²) in [6, 6.07) is 4.94. The van der Waals surface area contributed by atoms with E-state index in [4.69, 9.17) is 5.11 Å². The topological polar surface area (TPSA) is 107 Å². The van der Waals surface area contributed by atoms with Gasteiger partial charge in [-0.2, -0.15) is 0 Å². The zero-order valence-corrected chi connectivity index (χ0v) is 15.9. The Morgan fingerprint density at radius 3 is 2.75 bits per heavy atom. The first-order valence-electron chi connectivity index (χ1n) is 9.58. The van der Waals surface area contributed by atoms with Gasteiger partial charge in [0.1, 0.15) is 6.04 Å². The van der Waals surface area contributed by atoms with Gasteiger partial charge in [0.15, 0.2) is 0 Å². The number of unbranched alkanes of at least 4 members (excludes halogenated alkanes) is 2. The van der Waals surface area contributed by atoms with Gasteiger partial charge in [-0.3, -0.25) is 24.5 Å². The molecule has 3 amide bonds. The fraction of sp³-hybridized carbons (Fsp3) is 0.500. The molecule has 2 heterocycles.